The Bertz CT molecular complexity index is 606. The molecule has 3 nitrogen and oxygen atoms in total. The van der Waals surface area contributed by atoms with Crippen molar-refractivity contribution in [3.8, 4) is 11.5 Å². The highest BCUT2D eigenvalue weighted by molar-refractivity contribution is 5.41. The maximum Gasteiger partial charge on any atom is 0.122 e. The van der Waals surface area contributed by atoms with Crippen molar-refractivity contribution in [1.82, 2.24) is 5.32 Å². The molecular formula is C19H25NO2. The largest absolute Gasteiger partial charge is 0.497 e. The minimum absolute atomic E-state index is 0.882. The van der Waals surface area contributed by atoms with Crippen LogP contribution in [0.3, 0.4) is 0 Å². The fourth-order valence-corrected chi connectivity index (χ4v) is 2.51. The third kappa shape index (κ3) is 4.25. The Hall–Kier alpha value is -2.00. The normalized spacial score (nSPS) is 10.5. The van der Waals surface area contributed by atoms with Gasteiger partial charge >= 0.3 is 0 Å². The Kier molecular flexibility index (Phi) is 5.84. The van der Waals surface area contributed by atoms with E-state index < -0.39 is 0 Å². The second-order valence-electron chi connectivity index (χ2n) is 5.52. The molecule has 0 amide bonds. The highest BCUT2D eigenvalue weighted by Crippen LogP contribution is 2.22. The molecule has 118 valence electrons. The van der Waals surface area contributed by atoms with Crippen LogP contribution in [0.1, 0.15) is 22.3 Å². The summed E-state index contributed by atoms with van der Waals surface area (Å²) >= 11 is 0. The Morgan fingerprint density at radius 3 is 2.27 bits per heavy atom. The zero-order valence-corrected chi connectivity index (χ0v) is 13.9. The van der Waals surface area contributed by atoms with Crippen molar-refractivity contribution >= 4 is 0 Å². The van der Waals surface area contributed by atoms with E-state index in [0.29, 0.717) is 0 Å². The van der Waals surface area contributed by atoms with Crippen molar-refractivity contribution in [1.29, 1.82) is 0 Å². The smallest absolute Gasteiger partial charge is 0.122 e. The van der Waals surface area contributed by atoms with Crippen LogP contribution in [0.25, 0.3) is 0 Å². The van der Waals surface area contributed by atoms with E-state index in [4.69, 9.17) is 9.47 Å². The lowest BCUT2D eigenvalue weighted by Crippen LogP contribution is -2.17. The van der Waals surface area contributed by atoms with E-state index in [1.54, 1.807) is 14.2 Å². The highest BCUT2D eigenvalue weighted by Gasteiger charge is 2.04. The summed E-state index contributed by atoms with van der Waals surface area (Å²) in [5.41, 5.74) is 5.09. The minimum atomic E-state index is 0.882. The summed E-state index contributed by atoms with van der Waals surface area (Å²) in [4.78, 5) is 0. The Morgan fingerprint density at radius 1 is 0.909 bits per heavy atom. The third-order valence-corrected chi connectivity index (χ3v) is 3.92. The molecule has 2 aromatic carbocycles. The molecule has 0 fully saturated rings. The summed E-state index contributed by atoms with van der Waals surface area (Å²) in [6, 6.07) is 12.6. The van der Waals surface area contributed by atoms with Crippen LogP contribution in [0, 0.1) is 13.8 Å². The van der Waals surface area contributed by atoms with Gasteiger partial charge in [-0.05, 0) is 67.3 Å². The molecule has 2 aromatic rings. The van der Waals surface area contributed by atoms with Gasteiger partial charge in [0.2, 0.25) is 0 Å². The molecule has 0 aromatic heterocycles. The van der Waals surface area contributed by atoms with Gasteiger partial charge in [-0.1, -0.05) is 18.2 Å². The molecule has 1 N–H and O–H groups in total. The summed E-state index contributed by atoms with van der Waals surface area (Å²) < 4.78 is 10.5. The lowest BCUT2D eigenvalue weighted by atomic mass is 10.0. The van der Waals surface area contributed by atoms with Crippen molar-refractivity contribution in [2.75, 3.05) is 20.8 Å². The fourth-order valence-electron chi connectivity index (χ4n) is 2.51. The van der Waals surface area contributed by atoms with Crippen LogP contribution < -0.4 is 14.8 Å². The van der Waals surface area contributed by atoms with Crippen LogP contribution in [-0.2, 0) is 13.0 Å². The second-order valence-corrected chi connectivity index (χ2v) is 5.52. The SMILES string of the molecule is COc1ccc(CCNCc2cc(C)c(OC)cc2C)cc1. The van der Waals surface area contributed by atoms with Gasteiger partial charge in [-0.25, -0.2) is 0 Å². The molecule has 0 heterocycles. The zero-order valence-electron chi connectivity index (χ0n) is 13.9. The number of nitrogens with one attached hydrogen (secondary N) is 1. The van der Waals surface area contributed by atoms with Crippen molar-refractivity contribution in [3.05, 3.63) is 58.7 Å². The van der Waals surface area contributed by atoms with Crippen LogP contribution in [0.15, 0.2) is 36.4 Å². The molecule has 0 radical (unpaired) electrons. The first kappa shape index (κ1) is 16.4. The van der Waals surface area contributed by atoms with Gasteiger partial charge in [-0.15, -0.1) is 0 Å². The quantitative estimate of drug-likeness (QED) is 0.792. The Balaban J connectivity index is 1.84. The summed E-state index contributed by atoms with van der Waals surface area (Å²) in [7, 11) is 3.41. The molecule has 0 saturated heterocycles. The molecular weight excluding hydrogens is 274 g/mol. The fraction of sp³-hybridized carbons (Fsp3) is 0.368. The molecule has 0 aliphatic carbocycles. The van der Waals surface area contributed by atoms with Gasteiger partial charge in [0, 0.05) is 6.54 Å². The summed E-state index contributed by atoms with van der Waals surface area (Å²) in [5.74, 6) is 1.86. The topological polar surface area (TPSA) is 30.5 Å². The van der Waals surface area contributed by atoms with E-state index in [1.165, 1.54) is 22.3 Å². The highest BCUT2D eigenvalue weighted by atomic mass is 16.5. The van der Waals surface area contributed by atoms with E-state index in [1.807, 2.05) is 12.1 Å². The summed E-state index contributed by atoms with van der Waals surface area (Å²) in [6.45, 7) is 6.05. The first-order chi connectivity index (χ1) is 10.6. The predicted molar refractivity (Wildman–Crippen MR) is 90.9 cm³/mol. The zero-order chi connectivity index (χ0) is 15.9. The number of aryl methyl sites for hydroxylation is 2. The van der Waals surface area contributed by atoms with Crippen molar-refractivity contribution in [2.24, 2.45) is 0 Å². The first-order valence-electron chi connectivity index (χ1n) is 7.62. The minimum Gasteiger partial charge on any atom is -0.497 e. The van der Waals surface area contributed by atoms with E-state index in [0.717, 1.165) is 31.0 Å². The monoisotopic (exact) mass is 299 g/mol. The van der Waals surface area contributed by atoms with Gasteiger partial charge in [0.1, 0.15) is 11.5 Å². The molecule has 2 rings (SSSR count). The number of methoxy groups -OCH3 is 2. The van der Waals surface area contributed by atoms with Crippen LogP contribution in [0.5, 0.6) is 11.5 Å². The van der Waals surface area contributed by atoms with E-state index in [9.17, 15) is 0 Å². The Morgan fingerprint density at radius 2 is 1.64 bits per heavy atom. The molecule has 0 aliphatic rings. The van der Waals surface area contributed by atoms with Crippen LogP contribution in [0.4, 0.5) is 0 Å². The van der Waals surface area contributed by atoms with Gasteiger partial charge in [-0.3, -0.25) is 0 Å². The molecule has 0 spiro atoms. The molecule has 3 heteroatoms. The molecule has 22 heavy (non-hydrogen) atoms. The van der Waals surface area contributed by atoms with Gasteiger partial charge in [0.15, 0.2) is 0 Å². The average Bonchev–Trinajstić information content (AvgIpc) is 2.54. The molecule has 0 unspecified atom stereocenters. The van der Waals surface area contributed by atoms with Gasteiger partial charge in [0.05, 0.1) is 14.2 Å². The maximum absolute atomic E-state index is 5.35. The Labute approximate surface area is 133 Å². The summed E-state index contributed by atoms with van der Waals surface area (Å²) in [6.07, 6.45) is 1.01. The number of ether oxygens (including phenoxy) is 2. The molecule has 0 aliphatic heterocycles. The standard InChI is InChI=1S/C19H25NO2/c1-14-12-19(22-4)15(2)11-17(14)13-20-10-9-16-5-7-18(21-3)8-6-16/h5-8,11-12,20H,9-10,13H2,1-4H3. The van der Waals surface area contributed by atoms with Crippen molar-refractivity contribution < 1.29 is 9.47 Å². The molecule has 0 atom stereocenters. The first-order valence-corrected chi connectivity index (χ1v) is 7.62. The summed E-state index contributed by atoms with van der Waals surface area (Å²) in [5, 5.41) is 3.51. The maximum atomic E-state index is 5.35. The van der Waals surface area contributed by atoms with Gasteiger partial charge < -0.3 is 14.8 Å². The second kappa shape index (κ2) is 7.85. The number of benzene rings is 2. The third-order valence-electron chi connectivity index (χ3n) is 3.92. The molecule has 0 bridgehead atoms. The predicted octanol–water partition coefficient (Wildman–Crippen LogP) is 3.65. The lowest BCUT2D eigenvalue weighted by Gasteiger charge is -2.12. The molecule has 0 saturated carbocycles. The lowest BCUT2D eigenvalue weighted by molar-refractivity contribution is 0.411. The van der Waals surface area contributed by atoms with Crippen LogP contribution >= 0.6 is 0 Å². The van der Waals surface area contributed by atoms with Crippen molar-refractivity contribution in [2.45, 2.75) is 26.8 Å². The van der Waals surface area contributed by atoms with Crippen molar-refractivity contribution in [3.63, 3.8) is 0 Å². The number of hydrogen-bond donors (Lipinski definition) is 1. The van der Waals surface area contributed by atoms with Gasteiger partial charge in [-0.2, -0.15) is 0 Å². The van der Waals surface area contributed by atoms with E-state index in [2.05, 4.69) is 43.4 Å². The van der Waals surface area contributed by atoms with Crippen LogP contribution in [-0.4, -0.2) is 20.8 Å². The van der Waals surface area contributed by atoms with E-state index in [-0.39, 0.29) is 0 Å². The van der Waals surface area contributed by atoms with E-state index >= 15 is 0 Å². The number of rotatable bonds is 7. The van der Waals surface area contributed by atoms with Gasteiger partial charge in [0.25, 0.3) is 0 Å². The average molecular weight is 299 g/mol. The van der Waals surface area contributed by atoms with Crippen LogP contribution in [0.2, 0.25) is 0 Å². The number of hydrogen-bond acceptors (Lipinski definition) is 3.